The number of para-hydroxylation sites is 1. The lowest BCUT2D eigenvalue weighted by Gasteiger charge is -2.09. The molecule has 19 heavy (non-hydrogen) atoms. The van der Waals surface area contributed by atoms with E-state index in [1.807, 2.05) is 35.0 Å². The van der Waals surface area contributed by atoms with Crippen molar-refractivity contribution in [2.75, 3.05) is 6.54 Å². The van der Waals surface area contributed by atoms with Gasteiger partial charge in [-0.3, -0.25) is 0 Å². The number of guanidine groups is 1. The van der Waals surface area contributed by atoms with Gasteiger partial charge in [-0.05, 0) is 18.1 Å². The predicted molar refractivity (Wildman–Crippen MR) is 77.2 cm³/mol. The minimum Gasteiger partial charge on any atom is -0.370 e. The molecule has 0 fully saturated rings. The van der Waals surface area contributed by atoms with Gasteiger partial charge in [0.1, 0.15) is 0 Å². The summed E-state index contributed by atoms with van der Waals surface area (Å²) in [5.41, 5.74) is 7.98. The highest BCUT2D eigenvalue weighted by Crippen LogP contribution is 2.14. The third-order valence-corrected chi connectivity index (χ3v) is 2.75. The van der Waals surface area contributed by atoms with Crippen LogP contribution in [0, 0.1) is 0 Å². The van der Waals surface area contributed by atoms with Crippen LogP contribution in [0.15, 0.2) is 48.0 Å². The number of nitrogens with two attached hydrogens (primary N) is 1. The van der Waals surface area contributed by atoms with E-state index in [-0.39, 0.29) is 0 Å². The fraction of sp³-hybridized carbons (Fsp3) is 0.286. The molecule has 2 rings (SSSR count). The van der Waals surface area contributed by atoms with Crippen molar-refractivity contribution in [2.45, 2.75) is 19.9 Å². The molecular formula is C14H19N5. The number of aromatic nitrogens is 2. The van der Waals surface area contributed by atoms with E-state index in [0.29, 0.717) is 12.5 Å². The van der Waals surface area contributed by atoms with Crippen molar-refractivity contribution in [1.82, 2.24) is 14.9 Å². The summed E-state index contributed by atoms with van der Waals surface area (Å²) in [7, 11) is 0. The number of hydrogen-bond acceptors (Lipinski definition) is 2. The van der Waals surface area contributed by atoms with E-state index in [2.05, 4.69) is 22.2 Å². The molecule has 0 atom stereocenters. The molecule has 0 radical (unpaired) electrons. The van der Waals surface area contributed by atoms with Crippen molar-refractivity contribution in [3.05, 3.63) is 48.5 Å². The lowest BCUT2D eigenvalue weighted by molar-refractivity contribution is 0.824. The zero-order valence-electron chi connectivity index (χ0n) is 11.1. The molecule has 3 N–H and O–H groups in total. The van der Waals surface area contributed by atoms with Crippen molar-refractivity contribution in [3.8, 4) is 5.69 Å². The van der Waals surface area contributed by atoms with Crippen LogP contribution < -0.4 is 11.1 Å². The van der Waals surface area contributed by atoms with Crippen molar-refractivity contribution in [2.24, 2.45) is 10.7 Å². The second-order valence-corrected chi connectivity index (χ2v) is 4.23. The van der Waals surface area contributed by atoms with Crippen molar-refractivity contribution in [3.63, 3.8) is 0 Å². The highest BCUT2D eigenvalue weighted by atomic mass is 15.1. The van der Waals surface area contributed by atoms with Crippen LogP contribution in [0.2, 0.25) is 0 Å². The van der Waals surface area contributed by atoms with Crippen LogP contribution in [0.3, 0.4) is 0 Å². The van der Waals surface area contributed by atoms with Crippen molar-refractivity contribution < 1.29 is 0 Å². The van der Waals surface area contributed by atoms with Crippen LogP contribution in [0.1, 0.15) is 18.9 Å². The second-order valence-electron chi connectivity index (χ2n) is 4.23. The first-order valence-electron chi connectivity index (χ1n) is 6.41. The Balaban J connectivity index is 2.13. The van der Waals surface area contributed by atoms with E-state index in [4.69, 9.17) is 5.73 Å². The van der Waals surface area contributed by atoms with Crippen LogP contribution in [-0.2, 0) is 6.54 Å². The van der Waals surface area contributed by atoms with Crippen molar-refractivity contribution in [1.29, 1.82) is 0 Å². The maximum atomic E-state index is 5.80. The summed E-state index contributed by atoms with van der Waals surface area (Å²) in [6.07, 6.45) is 6.49. The largest absolute Gasteiger partial charge is 0.370 e. The Morgan fingerprint density at radius 1 is 1.42 bits per heavy atom. The molecule has 0 amide bonds. The summed E-state index contributed by atoms with van der Waals surface area (Å²) < 4.78 is 1.97. The van der Waals surface area contributed by atoms with Crippen LogP contribution in [0.5, 0.6) is 0 Å². The molecule has 0 aliphatic carbocycles. The molecule has 5 heteroatoms. The van der Waals surface area contributed by atoms with Gasteiger partial charge in [-0.15, -0.1) is 0 Å². The third-order valence-electron chi connectivity index (χ3n) is 2.75. The van der Waals surface area contributed by atoms with Gasteiger partial charge in [0.05, 0.1) is 18.6 Å². The van der Waals surface area contributed by atoms with Gasteiger partial charge < -0.3 is 15.6 Å². The van der Waals surface area contributed by atoms with E-state index in [1.165, 1.54) is 0 Å². The Kier molecular flexibility index (Phi) is 4.55. The minimum atomic E-state index is 0.488. The van der Waals surface area contributed by atoms with E-state index in [9.17, 15) is 0 Å². The number of imidazole rings is 1. The summed E-state index contributed by atoms with van der Waals surface area (Å²) in [4.78, 5) is 8.42. The molecule has 5 nitrogen and oxygen atoms in total. The van der Waals surface area contributed by atoms with Gasteiger partial charge in [0, 0.05) is 18.9 Å². The summed E-state index contributed by atoms with van der Waals surface area (Å²) >= 11 is 0. The quantitative estimate of drug-likeness (QED) is 0.632. The zero-order chi connectivity index (χ0) is 13.5. The third kappa shape index (κ3) is 3.58. The van der Waals surface area contributed by atoms with E-state index >= 15 is 0 Å². The number of rotatable bonds is 5. The number of benzene rings is 1. The van der Waals surface area contributed by atoms with Gasteiger partial charge in [0.25, 0.3) is 0 Å². The molecule has 0 saturated carbocycles. The van der Waals surface area contributed by atoms with Crippen LogP contribution in [0.25, 0.3) is 5.69 Å². The molecule has 0 saturated heterocycles. The standard InChI is InChI=1S/C14H19N5/c1-2-7-17-14(15)18-10-12-5-3-4-6-13(12)19-9-8-16-11-19/h3-6,8-9,11H,2,7,10H2,1H3,(H3,15,17,18). The Hall–Kier alpha value is -2.30. The Bertz CT molecular complexity index is 531. The molecule has 1 heterocycles. The monoisotopic (exact) mass is 257 g/mol. The number of nitrogens with one attached hydrogen (secondary N) is 1. The number of hydrogen-bond donors (Lipinski definition) is 2. The Morgan fingerprint density at radius 3 is 3.00 bits per heavy atom. The molecule has 0 unspecified atom stereocenters. The van der Waals surface area contributed by atoms with Gasteiger partial charge in [0.15, 0.2) is 5.96 Å². The summed E-state index contributed by atoms with van der Waals surface area (Å²) in [6, 6.07) is 8.09. The molecule has 1 aromatic heterocycles. The molecule has 0 bridgehead atoms. The smallest absolute Gasteiger partial charge is 0.188 e. The highest BCUT2D eigenvalue weighted by Gasteiger charge is 2.02. The fourth-order valence-corrected chi connectivity index (χ4v) is 1.78. The first kappa shape index (κ1) is 13.1. The number of nitrogens with zero attached hydrogens (tertiary/aromatic N) is 3. The second kappa shape index (κ2) is 6.58. The summed E-state index contributed by atoms with van der Waals surface area (Å²) in [6.45, 7) is 3.49. The predicted octanol–water partition coefficient (Wildman–Crippen LogP) is 1.69. The van der Waals surface area contributed by atoms with Gasteiger partial charge in [-0.1, -0.05) is 25.1 Å². The van der Waals surface area contributed by atoms with Crippen LogP contribution in [0.4, 0.5) is 0 Å². The fourth-order valence-electron chi connectivity index (χ4n) is 1.78. The Labute approximate surface area is 113 Å². The molecule has 0 aliphatic rings. The van der Waals surface area contributed by atoms with Gasteiger partial charge >= 0.3 is 0 Å². The van der Waals surface area contributed by atoms with Crippen LogP contribution >= 0.6 is 0 Å². The van der Waals surface area contributed by atoms with Gasteiger partial charge in [-0.25, -0.2) is 9.98 Å². The average Bonchev–Trinajstić information content (AvgIpc) is 2.97. The lowest BCUT2D eigenvalue weighted by Crippen LogP contribution is -2.32. The van der Waals surface area contributed by atoms with Crippen LogP contribution in [-0.4, -0.2) is 22.1 Å². The van der Waals surface area contributed by atoms with E-state index in [0.717, 1.165) is 24.2 Å². The molecule has 2 aromatic rings. The molecule has 100 valence electrons. The van der Waals surface area contributed by atoms with Gasteiger partial charge in [0.2, 0.25) is 0 Å². The first-order valence-corrected chi connectivity index (χ1v) is 6.41. The van der Waals surface area contributed by atoms with Crippen molar-refractivity contribution >= 4 is 5.96 Å². The lowest BCUT2D eigenvalue weighted by atomic mass is 10.2. The summed E-state index contributed by atoms with van der Waals surface area (Å²) in [5, 5.41) is 3.07. The minimum absolute atomic E-state index is 0.488. The Morgan fingerprint density at radius 2 is 2.26 bits per heavy atom. The average molecular weight is 257 g/mol. The zero-order valence-corrected chi connectivity index (χ0v) is 11.1. The molecule has 0 spiro atoms. The number of aliphatic imine (C=N–C) groups is 1. The van der Waals surface area contributed by atoms with E-state index in [1.54, 1.807) is 12.5 Å². The normalized spacial score (nSPS) is 11.5. The molecular weight excluding hydrogens is 238 g/mol. The first-order chi connectivity index (χ1) is 9.31. The molecule has 0 aliphatic heterocycles. The van der Waals surface area contributed by atoms with E-state index < -0.39 is 0 Å². The maximum Gasteiger partial charge on any atom is 0.188 e. The van der Waals surface area contributed by atoms with Gasteiger partial charge in [-0.2, -0.15) is 0 Å². The molecule has 1 aromatic carbocycles. The SMILES string of the molecule is CCCNC(N)=NCc1ccccc1-n1ccnc1. The summed E-state index contributed by atoms with van der Waals surface area (Å²) in [5.74, 6) is 0.488. The highest BCUT2D eigenvalue weighted by molar-refractivity contribution is 5.77. The topological polar surface area (TPSA) is 68.2 Å². The maximum absolute atomic E-state index is 5.80.